The molecule has 0 saturated carbocycles. The number of amides is 1. The van der Waals surface area contributed by atoms with Crippen molar-refractivity contribution in [1.29, 1.82) is 0 Å². The molecular formula is C15H16FN3O2. The topological polar surface area (TPSA) is 47.4 Å². The maximum absolute atomic E-state index is 13.4. The molecule has 6 heteroatoms. The molecule has 0 radical (unpaired) electrons. The van der Waals surface area contributed by atoms with Gasteiger partial charge in [-0.3, -0.25) is 9.69 Å². The molecule has 0 fully saturated rings. The van der Waals surface area contributed by atoms with Crippen molar-refractivity contribution in [2.24, 2.45) is 0 Å². The molecule has 0 atom stereocenters. The van der Waals surface area contributed by atoms with Gasteiger partial charge in [-0.1, -0.05) is 0 Å². The largest absolute Gasteiger partial charge is 0.493 e. The quantitative estimate of drug-likeness (QED) is 0.872. The van der Waals surface area contributed by atoms with Gasteiger partial charge in [0.2, 0.25) is 5.91 Å². The molecule has 21 heavy (non-hydrogen) atoms. The van der Waals surface area contributed by atoms with E-state index in [2.05, 4.69) is 5.10 Å². The smallest absolute Gasteiger partial charge is 0.225 e. The predicted molar refractivity (Wildman–Crippen MR) is 76.8 cm³/mol. The lowest BCUT2D eigenvalue weighted by atomic mass is 10.1. The van der Waals surface area contributed by atoms with Gasteiger partial charge in [-0.25, -0.2) is 9.07 Å². The van der Waals surface area contributed by atoms with Crippen LogP contribution in [0.4, 0.5) is 10.2 Å². The van der Waals surface area contributed by atoms with Crippen molar-refractivity contribution >= 4 is 11.7 Å². The molecule has 5 nitrogen and oxygen atoms in total. The van der Waals surface area contributed by atoms with Crippen LogP contribution in [0.25, 0.3) is 11.1 Å². The molecule has 1 aliphatic rings. The van der Waals surface area contributed by atoms with Gasteiger partial charge in [-0.05, 0) is 19.1 Å². The van der Waals surface area contributed by atoms with Crippen LogP contribution < -0.4 is 9.64 Å². The number of nitrogens with zero attached hydrogens (tertiary/aromatic N) is 3. The number of aromatic nitrogens is 2. The predicted octanol–water partition coefficient (Wildman–Crippen LogP) is 2.45. The van der Waals surface area contributed by atoms with E-state index in [1.165, 1.54) is 19.1 Å². The molecule has 0 bridgehead atoms. The maximum atomic E-state index is 13.4. The molecule has 2 heterocycles. The van der Waals surface area contributed by atoms with E-state index in [0.717, 1.165) is 16.9 Å². The lowest BCUT2D eigenvalue weighted by Crippen LogP contribution is -2.26. The van der Waals surface area contributed by atoms with Crippen molar-refractivity contribution in [2.45, 2.75) is 20.4 Å². The van der Waals surface area contributed by atoms with Crippen molar-refractivity contribution in [3.8, 4) is 16.9 Å². The molecule has 1 aromatic heterocycles. The Labute approximate surface area is 121 Å². The molecule has 0 N–H and O–H groups in total. The van der Waals surface area contributed by atoms with E-state index >= 15 is 0 Å². The lowest BCUT2D eigenvalue weighted by molar-refractivity contribution is -0.116. The molecular weight excluding hydrogens is 273 g/mol. The standard InChI is InChI=1S/C15H16FN3O2/c1-3-21-14-8-11(16)4-5-12(14)13-9-17-19-7-6-18(10(2)20)15(13)19/h4-5,8-9H,3,6-7H2,1-2H3. The number of anilines is 1. The number of benzene rings is 1. The van der Waals surface area contributed by atoms with Crippen LogP contribution >= 0.6 is 0 Å². The Morgan fingerprint density at radius 2 is 2.19 bits per heavy atom. The van der Waals surface area contributed by atoms with E-state index < -0.39 is 0 Å². The van der Waals surface area contributed by atoms with Crippen molar-refractivity contribution in [3.63, 3.8) is 0 Å². The Morgan fingerprint density at radius 3 is 2.90 bits per heavy atom. The van der Waals surface area contributed by atoms with Crippen LogP contribution in [0, 0.1) is 5.82 Å². The molecule has 1 aromatic carbocycles. The Kier molecular flexibility index (Phi) is 3.37. The van der Waals surface area contributed by atoms with E-state index in [-0.39, 0.29) is 11.7 Å². The van der Waals surface area contributed by atoms with E-state index in [0.29, 0.717) is 25.4 Å². The zero-order valence-electron chi connectivity index (χ0n) is 12.0. The second kappa shape index (κ2) is 5.20. The van der Waals surface area contributed by atoms with Crippen LogP contribution in [0.1, 0.15) is 13.8 Å². The van der Waals surface area contributed by atoms with Gasteiger partial charge in [0.15, 0.2) is 0 Å². The van der Waals surface area contributed by atoms with Crippen LogP contribution in [0.5, 0.6) is 5.75 Å². The highest BCUT2D eigenvalue weighted by Gasteiger charge is 2.28. The zero-order chi connectivity index (χ0) is 15.0. The summed E-state index contributed by atoms with van der Waals surface area (Å²) in [7, 11) is 0. The van der Waals surface area contributed by atoms with E-state index in [1.54, 1.807) is 21.8 Å². The molecule has 0 saturated heterocycles. The van der Waals surface area contributed by atoms with Crippen molar-refractivity contribution in [3.05, 3.63) is 30.2 Å². The number of carbonyl (C=O) groups excluding carboxylic acids is 1. The molecule has 3 rings (SSSR count). The van der Waals surface area contributed by atoms with Gasteiger partial charge in [-0.15, -0.1) is 0 Å². The number of carbonyl (C=O) groups is 1. The summed E-state index contributed by atoms with van der Waals surface area (Å²) in [5.41, 5.74) is 1.53. The highest BCUT2D eigenvalue weighted by atomic mass is 19.1. The van der Waals surface area contributed by atoms with E-state index in [1.807, 2.05) is 6.92 Å². The summed E-state index contributed by atoms with van der Waals surface area (Å²) in [6.07, 6.45) is 1.69. The molecule has 0 aliphatic carbocycles. The minimum Gasteiger partial charge on any atom is -0.493 e. The summed E-state index contributed by atoms with van der Waals surface area (Å²) < 4.78 is 20.7. The van der Waals surface area contributed by atoms with Crippen LogP contribution in [0.3, 0.4) is 0 Å². The third kappa shape index (κ3) is 2.26. The number of ether oxygens (including phenoxy) is 1. The van der Waals surface area contributed by atoms with Gasteiger partial charge in [0.05, 0.1) is 19.3 Å². The molecule has 0 unspecified atom stereocenters. The summed E-state index contributed by atoms with van der Waals surface area (Å²) in [6, 6.07) is 4.40. The van der Waals surface area contributed by atoms with Gasteiger partial charge < -0.3 is 4.74 Å². The lowest BCUT2D eigenvalue weighted by Gasteiger charge is -2.16. The monoisotopic (exact) mass is 289 g/mol. The van der Waals surface area contributed by atoms with Gasteiger partial charge >= 0.3 is 0 Å². The van der Waals surface area contributed by atoms with Crippen LogP contribution in [-0.4, -0.2) is 28.8 Å². The van der Waals surface area contributed by atoms with E-state index in [9.17, 15) is 9.18 Å². The molecule has 1 aliphatic heterocycles. The maximum Gasteiger partial charge on any atom is 0.225 e. The second-order valence-corrected chi connectivity index (χ2v) is 4.85. The summed E-state index contributed by atoms with van der Waals surface area (Å²) in [6.45, 7) is 5.09. The summed E-state index contributed by atoms with van der Waals surface area (Å²) in [5.74, 6) is 0.823. The Hall–Kier alpha value is -2.37. The highest BCUT2D eigenvalue weighted by molar-refractivity contribution is 5.96. The fourth-order valence-corrected chi connectivity index (χ4v) is 2.62. The average molecular weight is 289 g/mol. The summed E-state index contributed by atoms with van der Waals surface area (Å²) in [4.78, 5) is 13.4. The highest BCUT2D eigenvalue weighted by Crippen LogP contribution is 2.39. The van der Waals surface area contributed by atoms with E-state index in [4.69, 9.17) is 4.74 Å². The van der Waals surface area contributed by atoms with Gasteiger partial charge in [0, 0.05) is 30.7 Å². The summed E-state index contributed by atoms with van der Waals surface area (Å²) >= 11 is 0. The minimum atomic E-state index is -0.352. The third-order valence-corrected chi connectivity index (χ3v) is 3.52. The van der Waals surface area contributed by atoms with Gasteiger partial charge in [-0.2, -0.15) is 5.10 Å². The first kappa shape index (κ1) is 13.6. The zero-order valence-corrected chi connectivity index (χ0v) is 12.0. The van der Waals surface area contributed by atoms with Crippen LogP contribution in [0.2, 0.25) is 0 Å². The Balaban J connectivity index is 2.13. The first-order valence-corrected chi connectivity index (χ1v) is 6.88. The third-order valence-electron chi connectivity index (χ3n) is 3.52. The molecule has 0 spiro atoms. The van der Waals surface area contributed by atoms with Gasteiger partial charge in [0.1, 0.15) is 17.4 Å². The normalized spacial score (nSPS) is 13.4. The fraction of sp³-hybridized carbons (Fsp3) is 0.333. The molecule has 110 valence electrons. The number of halogens is 1. The first-order chi connectivity index (χ1) is 10.1. The first-order valence-electron chi connectivity index (χ1n) is 6.88. The second-order valence-electron chi connectivity index (χ2n) is 4.85. The minimum absolute atomic E-state index is 0.0319. The van der Waals surface area contributed by atoms with Gasteiger partial charge in [0.25, 0.3) is 0 Å². The SMILES string of the molecule is CCOc1cc(F)ccc1-c1cnn2c1N(C(C)=O)CC2. The number of rotatable bonds is 3. The number of fused-ring (bicyclic) bond motifs is 1. The van der Waals surface area contributed by atoms with Crippen molar-refractivity contribution in [1.82, 2.24) is 9.78 Å². The molecule has 1 amide bonds. The number of hydrogen-bond donors (Lipinski definition) is 0. The summed E-state index contributed by atoms with van der Waals surface area (Å²) in [5, 5.41) is 4.30. The average Bonchev–Trinajstić information content (AvgIpc) is 3.01. The number of hydrogen-bond acceptors (Lipinski definition) is 3. The van der Waals surface area contributed by atoms with Crippen molar-refractivity contribution in [2.75, 3.05) is 18.1 Å². The van der Waals surface area contributed by atoms with Crippen LogP contribution in [0.15, 0.2) is 24.4 Å². The Bertz CT molecular complexity index is 696. The Morgan fingerprint density at radius 1 is 1.38 bits per heavy atom. The fourth-order valence-electron chi connectivity index (χ4n) is 2.62. The van der Waals surface area contributed by atoms with Crippen LogP contribution in [-0.2, 0) is 11.3 Å². The molecule has 2 aromatic rings. The van der Waals surface area contributed by atoms with Crippen molar-refractivity contribution < 1.29 is 13.9 Å².